The van der Waals surface area contributed by atoms with Crippen LogP contribution in [0, 0.1) is 0 Å². The van der Waals surface area contributed by atoms with E-state index in [0.717, 1.165) is 22.5 Å². The number of nitrogens with one attached hydrogen (secondary N) is 1. The van der Waals surface area contributed by atoms with Crippen LogP contribution >= 0.6 is 15.9 Å². The molecule has 2 aromatic carbocycles. The molecule has 0 aliphatic heterocycles. The summed E-state index contributed by atoms with van der Waals surface area (Å²) in [6.45, 7) is 1.29. The Morgan fingerprint density at radius 2 is 1.67 bits per heavy atom. The number of halogens is 1. The number of guanidine groups is 1. The predicted octanol–water partition coefficient (Wildman–Crippen LogP) is 3.68. The van der Waals surface area contributed by atoms with Gasteiger partial charge in [-0.05, 0) is 29.8 Å². The summed E-state index contributed by atoms with van der Waals surface area (Å²) >= 11 is 3.46. The van der Waals surface area contributed by atoms with Gasteiger partial charge in [0.05, 0.1) is 21.3 Å². The van der Waals surface area contributed by atoms with Gasteiger partial charge < -0.3 is 24.4 Å². The van der Waals surface area contributed by atoms with Crippen LogP contribution in [0.4, 0.5) is 0 Å². The van der Waals surface area contributed by atoms with E-state index in [1.54, 1.807) is 28.4 Å². The third-order valence-electron chi connectivity index (χ3n) is 4.13. The first-order valence-electron chi connectivity index (χ1n) is 8.48. The maximum absolute atomic E-state index is 5.54. The van der Waals surface area contributed by atoms with Crippen molar-refractivity contribution in [1.29, 1.82) is 0 Å². The van der Waals surface area contributed by atoms with Crippen LogP contribution in [0.1, 0.15) is 11.1 Å². The smallest absolute Gasteiger partial charge is 0.203 e. The molecule has 7 heteroatoms. The van der Waals surface area contributed by atoms with Crippen molar-refractivity contribution in [3.05, 3.63) is 52.0 Å². The van der Waals surface area contributed by atoms with Crippen molar-refractivity contribution in [3.63, 3.8) is 0 Å². The fourth-order valence-corrected chi connectivity index (χ4v) is 3.06. The number of benzene rings is 2. The molecular weight excluding hydrogens is 410 g/mol. The van der Waals surface area contributed by atoms with Gasteiger partial charge in [0.1, 0.15) is 0 Å². The Hall–Kier alpha value is -2.41. The number of rotatable bonds is 7. The summed E-state index contributed by atoms with van der Waals surface area (Å²) in [5.41, 5.74) is 2.15. The molecule has 1 N–H and O–H groups in total. The fourth-order valence-electron chi connectivity index (χ4n) is 2.80. The summed E-state index contributed by atoms with van der Waals surface area (Å²) in [5, 5.41) is 3.37. The Morgan fingerprint density at radius 1 is 1.00 bits per heavy atom. The largest absolute Gasteiger partial charge is 0.493 e. The molecule has 0 fully saturated rings. The average Bonchev–Trinajstić information content (AvgIpc) is 2.69. The number of hydrogen-bond acceptors (Lipinski definition) is 4. The van der Waals surface area contributed by atoms with Crippen LogP contribution in [0.5, 0.6) is 17.2 Å². The highest BCUT2D eigenvalue weighted by molar-refractivity contribution is 9.10. The molecule has 0 atom stereocenters. The van der Waals surface area contributed by atoms with E-state index in [4.69, 9.17) is 14.2 Å². The molecule has 0 unspecified atom stereocenters. The Kier molecular flexibility index (Phi) is 7.79. The lowest BCUT2D eigenvalue weighted by atomic mass is 10.1. The van der Waals surface area contributed by atoms with Crippen LogP contribution < -0.4 is 19.5 Å². The van der Waals surface area contributed by atoms with E-state index < -0.39 is 0 Å². The van der Waals surface area contributed by atoms with Crippen molar-refractivity contribution >= 4 is 21.9 Å². The van der Waals surface area contributed by atoms with E-state index in [2.05, 4.69) is 43.3 Å². The van der Waals surface area contributed by atoms with E-state index in [1.165, 1.54) is 5.56 Å². The molecule has 0 amide bonds. The third-order valence-corrected chi connectivity index (χ3v) is 4.66. The second-order valence-corrected chi connectivity index (χ2v) is 6.79. The molecule has 0 radical (unpaired) electrons. The van der Waals surface area contributed by atoms with Gasteiger partial charge >= 0.3 is 0 Å². The lowest BCUT2D eigenvalue weighted by Crippen LogP contribution is -2.38. The monoisotopic (exact) mass is 435 g/mol. The topological polar surface area (TPSA) is 55.3 Å². The highest BCUT2D eigenvalue weighted by Crippen LogP contribution is 2.39. The highest BCUT2D eigenvalue weighted by atomic mass is 79.9. The van der Waals surface area contributed by atoms with Crippen molar-refractivity contribution in [2.45, 2.75) is 13.1 Å². The first-order chi connectivity index (χ1) is 13.0. The predicted molar refractivity (Wildman–Crippen MR) is 112 cm³/mol. The average molecular weight is 436 g/mol. The normalized spacial score (nSPS) is 11.1. The Balaban J connectivity index is 2.10. The van der Waals surface area contributed by atoms with Crippen LogP contribution in [-0.2, 0) is 13.1 Å². The van der Waals surface area contributed by atoms with E-state index >= 15 is 0 Å². The number of methoxy groups -OCH3 is 3. The van der Waals surface area contributed by atoms with Gasteiger partial charge in [0, 0.05) is 37.2 Å². The summed E-state index contributed by atoms with van der Waals surface area (Å²) < 4.78 is 17.4. The van der Waals surface area contributed by atoms with Crippen molar-refractivity contribution in [3.8, 4) is 17.2 Å². The number of ether oxygens (including phenoxy) is 3. The molecule has 0 heterocycles. The molecule has 0 spiro atoms. The van der Waals surface area contributed by atoms with E-state index in [1.807, 2.05) is 31.3 Å². The van der Waals surface area contributed by atoms with Crippen molar-refractivity contribution < 1.29 is 14.2 Å². The number of nitrogens with zero attached hydrogens (tertiary/aromatic N) is 2. The van der Waals surface area contributed by atoms with Crippen molar-refractivity contribution in [2.24, 2.45) is 4.99 Å². The minimum Gasteiger partial charge on any atom is -0.493 e. The van der Waals surface area contributed by atoms with Crippen molar-refractivity contribution in [1.82, 2.24) is 10.2 Å². The van der Waals surface area contributed by atoms with Gasteiger partial charge in [0.2, 0.25) is 5.75 Å². The minimum absolute atomic E-state index is 0.543. The molecule has 27 heavy (non-hydrogen) atoms. The standard InChI is InChI=1S/C20H26BrN3O3/c1-22-20(24(2)13-14-6-9-16(21)10-7-14)23-12-15-8-11-17(25-3)19(27-5)18(15)26-4/h6-11H,12-13H2,1-5H3,(H,22,23). The molecule has 0 aliphatic rings. The molecule has 0 saturated carbocycles. The van der Waals surface area contributed by atoms with Crippen LogP contribution in [0.3, 0.4) is 0 Å². The Morgan fingerprint density at radius 3 is 2.22 bits per heavy atom. The molecule has 0 saturated heterocycles. The minimum atomic E-state index is 0.543. The van der Waals surface area contributed by atoms with Gasteiger partial charge in [-0.2, -0.15) is 0 Å². The molecule has 0 aromatic heterocycles. The van der Waals surface area contributed by atoms with Crippen LogP contribution in [0.2, 0.25) is 0 Å². The van der Waals surface area contributed by atoms with Gasteiger partial charge in [-0.25, -0.2) is 0 Å². The lowest BCUT2D eigenvalue weighted by Gasteiger charge is -2.23. The van der Waals surface area contributed by atoms with Crippen LogP contribution in [-0.4, -0.2) is 46.3 Å². The maximum Gasteiger partial charge on any atom is 0.203 e. The van der Waals surface area contributed by atoms with Gasteiger partial charge in [0.25, 0.3) is 0 Å². The zero-order valence-electron chi connectivity index (χ0n) is 16.4. The molecule has 6 nitrogen and oxygen atoms in total. The second kappa shape index (κ2) is 10.1. The van der Waals surface area contributed by atoms with Crippen LogP contribution in [0.15, 0.2) is 45.9 Å². The molecule has 2 aromatic rings. The SMILES string of the molecule is CN=C(NCc1ccc(OC)c(OC)c1OC)N(C)Cc1ccc(Br)cc1. The summed E-state index contributed by atoms with van der Waals surface area (Å²) in [7, 11) is 8.60. The summed E-state index contributed by atoms with van der Waals surface area (Å²) in [5.74, 6) is 2.65. The summed E-state index contributed by atoms with van der Waals surface area (Å²) in [6.07, 6.45) is 0. The molecule has 146 valence electrons. The second-order valence-electron chi connectivity index (χ2n) is 5.88. The van der Waals surface area contributed by atoms with E-state index in [-0.39, 0.29) is 0 Å². The fraction of sp³-hybridized carbons (Fsp3) is 0.350. The van der Waals surface area contributed by atoms with Crippen molar-refractivity contribution in [2.75, 3.05) is 35.4 Å². The molecule has 2 rings (SSSR count). The van der Waals surface area contributed by atoms with Gasteiger partial charge in [-0.15, -0.1) is 0 Å². The van der Waals surface area contributed by atoms with Crippen LogP contribution in [0.25, 0.3) is 0 Å². The first-order valence-corrected chi connectivity index (χ1v) is 9.27. The van der Waals surface area contributed by atoms with Gasteiger partial charge in [-0.3, -0.25) is 4.99 Å². The molecule has 0 aliphatic carbocycles. The third kappa shape index (κ3) is 5.29. The Labute approximate surface area is 169 Å². The lowest BCUT2D eigenvalue weighted by molar-refractivity contribution is 0.322. The number of hydrogen-bond donors (Lipinski definition) is 1. The highest BCUT2D eigenvalue weighted by Gasteiger charge is 2.16. The zero-order valence-corrected chi connectivity index (χ0v) is 18.0. The molecule has 0 bridgehead atoms. The van der Waals surface area contributed by atoms with Gasteiger partial charge in [-0.1, -0.05) is 28.1 Å². The van der Waals surface area contributed by atoms with E-state index in [0.29, 0.717) is 23.8 Å². The zero-order chi connectivity index (χ0) is 19.8. The maximum atomic E-state index is 5.54. The summed E-state index contributed by atoms with van der Waals surface area (Å²) in [6, 6.07) is 12.1. The number of aliphatic imine (C=N–C) groups is 1. The summed E-state index contributed by atoms with van der Waals surface area (Å²) in [4.78, 5) is 6.44. The molecular formula is C20H26BrN3O3. The quantitative estimate of drug-likeness (QED) is 0.530. The Bertz CT molecular complexity index is 779. The first kappa shape index (κ1) is 20.9. The van der Waals surface area contributed by atoms with Gasteiger partial charge in [0.15, 0.2) is 17.5 Å². The van der Waals surface area contributed by atoms with E-state index in [9.17, 15) is 0 Å².